The maximum Gasteiger partial charge on any atom is 0.135 e. The molecule has 2 aromatic rings. The summed E-state index contributed by atoms with van der Waals surface area (Å²) in [5.41, 5.74) is 2.23. The lowest BCUT2D eigenvalue weighted by Gasteiger charge is -2.12. The van der Waals surface area contributed by atoms with E-state index in [1.54, 1.807) is 13.2 Å². The van der Waals surface area contributed by atoms with Gasteiger partial charge in [-0.05, 0) is 30.9 Å². The molecule has 0 aliphatic heterocycles. The molecule has 1 N–H and O–H groups in total. The highest BCUT2D eigenvalue weighted by molar-refractivity contribution is 6.29. The van der Waals surface area contributed by atoms with Gasteiger partial charge in [0.25, 0.3) is 0 Å². The molecule has 1 aliphatic rings. The molecule has 3 rings (SSSR count). The predicted molar refractivity (Wildman–Crippen MR) is 84.3 cm³/mol. The van der Waals surface area contributed by atoms with Crippen LogP contribution in [0, 0.1) is 0 Å². The Morgan fingerprint density at radius 1 is 1.29 bits per heavy atom. The first kappa shape index (κ1) is 14.3. The van der Waals surface area contributed by atoms with Gasteiger partial charge in [-0.1, -0.05) is 29.8 Å². The molecule has 0 bridgehead atoms. The van der Waals surface area contributed by atoms with E-state index < -0.39 is 0 Å². The van der Waals surface area contributed by atoms with E-state index in [0.717, 1.165) is 36.6 Å². The minimum absolute atomic E-state index is 0.480. The second-order valence-electron chi connectivity index (χ2n) is 5.23. The summed E-state index contributed by atoms with van der Waals surface area (Å²) in [7, 11) is 1.71. The van der Waals surface area contributed by atoms with Crippen LogP contribution in [0.3, 0.4) is 0 Å². The first-order valence-corrected chi connectivity index (χ1v) is 7.52. The topological polar surface area (TPSA) is 47.0 Å². The lowest BCUT2D eigenvalue weighted by Crippen LogP contribution is -2.03. The highest BCUT2D eigenvalue weighted by Gasteiger charge is 2.27. The van der Waals surface area contributed by atoms with Gasteiger partial charge in [0.05, 0.1) is 6.61 Å². The van der Waals surface area contributed by atoms with Crippen molar-refractivity contribution in [3.8, 4) is 0 Å². The Morgan fingerprint density at radius 3 is 2.86 bits per heavy atom. The van der Waals surface area contributed by atoms with Gasteiger partial charge in [-0.25, -0.2) is 9.97 Å². The highest BCUT2D eigenvalue weighted by Crippen LogP contribution is 2.39. The Morgan fingerprint density at radius 2 is 2.10 bits per heavy atom. The summed E-state index contributed by atoms with van der Waals surface area (Å²) in [6, 6.07) is 9.92. The summed E-state index contributed by atoms with van der Waals surface area (Å²) in [5.74, 6) is 2.08. The van der Waals surface area contributed by atoms with E-state index in [1.807, 2.05) is 18.2 Å². The maximum atomic E-state index is 6.10. The number of ether oxygens (including phenoxy) is 1. The van der Waals surface area contributed by atoms with E-state index in [1.165, 1.54) is 5.56 Å². The second kappa shape index (κ2) is 6.41. The maximum absolute atomic E-state index is 6.10. The number of hydrogen-bond acceptors (Lipinski definition) is 4. The summed E-state index contributed by atoms with van der Waals surface area (Å²) in [6.45, 7) is 0.691. The highest BCUT2D eigenvalue weighted by atomic mass is 35.5. The summed E-state index contributed by atoms with van der Waals surface area (Å²) in [5, 5.41) is 3.84. The standard InChI is InChI=1S/C16H18ClN3O/c1-21-9-8-11-4-2-3-5-13(11)18-15-10-14(17)19-16(20-15)12-6-7-12/h2-5,10,12H,6-9H2,1H3,(H,18,19,20). The van der Waals surface area contributed by atoms with Crippen molar-refractivity contribution in [2.75, 3.05) is 19.0 Å². The van der Waals surface area contributed by atoms with Crippen molar-refractivity contribution in [1.29, 1.82) is 0 Å². The zero-order valence-corrected chi connectivity index (χ0v) is 12.7. The lowest BCUT2D eigenvalue weighted by molar-refractivity contribution is 0.202. The molecule has 110 valence electrons. The first-order valence-electron chi connectivity index (χ1n) is 7.14. The fourth-order valence-corrected chi connectivity index (χ4v) is 2.42. The van der Waals surface area contributed by atoms with Crippen LogP contribution in [0.25, 0.3) is 0 Å². The van der Waals surface area contributed by atoms with Gasteiger partial charge in [0, 0.05) is 24.8 Å². The van der Waals surface area contributed by atoms with Crippen LogP contribution in [0.2, 0.25) is 5.15 Å². The monoisotopic (exact) mass is 303 g/mol. The number of halogens is 1. The van der Waals surface area contributed by atoms with Gasteiger partial charge < -0.3 is 10.1 Å². The fraction of sp³-hybridized carbons (Fsp3) is 0.375. The van der Waals surface area contributed by atoms with Crippen LogP contribution >= 0.6 is 11.6 Å². The van der Waals surface area contributed by atoms with E-state index in [2.05, 4.69) is 21.4 Å². The number of benzene rings is 1. The Kier molecular flexibility index (Phi) is 4.36. The van der Waals surface area contributed by atoms with Crippen molar-refractivity contribution < 1.29 is 4.74 Å². The number of rotatable bonds is 6. The van der Waals surface area contributed by atoms with E-state index >= 15 is 0 Å². The smallest absolute Gasteiger partial charge is 0.135 e. The fourth-order valence-electron chi connectivity index (χ4n) is 2.23. The quantitative estimate of drug-likeness (QED) is 0.821. The molecule has 5 heteroatoms. The number of nitrogens with one attached hydrogen (secondary N) is 1. The zero-order chi connectivity index (χ0) is 14.7. The summed E-state index contributed by atoms with van der Waals surface area (Å²) in [4.78, 5) is 8.88. The average Bonchev–Trinajstić information content (AvgIpc) is 3.30. The SMILES string of the molecule is COCCc1ccccc1Nc1cc(Cl)nc(C2CC2)n1. The van der Waals surface area contributed by atoms with Crippen molar-refractivity contribution in [3.63, 3.8) is 0 Å². The molecular weight excluding hydrogens is 286 g/mol. The van der Waals surface area contributed by atoms with Gasteiger partial charge in [-0.2, -0.15) is 0 Å². The van der Waals surface area contributed by atoms with Crippen LogP contribution in [0.15, 0.2) is 30.3 Å². The molecule has 1 heterocycles. The molecule has 0 spiro atoms. The minimum Gasteiger partial charge on any atom is -0.384 e. The van der Waals surface area contributed by atoms with Gasteiger partial charge in [-0.3, -0.25) is 0 Å². The van der Waals surface area contributed by atoms with Crippen LogP contribution in [-0.2, 0) is 11.2 Å². The molecule has 1 saturated carbocycles. The van der Waals surface area contributed by atoms with Gasteiger partial charge >= 0.3 is 0 Å². The number of aromatic nitrogens is 2. The minimum atomic E-state index is 0.480. The van der Waals surface area contributed by atoms with Crippen molar-refractivity contribution in [2.24, 2.45) is 0 Å². The molecule has 1 aliphatic carbocycles. The van der Waals surface area contributed by atoms with E-state index in [9.17, 15) is 0 Å². The molecule has 1 fully saturated rings. The number of hydrogen-bond donors (Lipinski definition) is 1. The first-order chi connectivity index (χ1) is 10.3. The molecule has 4 nitrogen and oxygen atoms in total. The third kappa shape index (κ3) is 3.71. The van der Waals surface area contributed by atoms with Gasteiger partial charge in [0.1, 0.15) is 16.8 Å². The third-order valence-electron chi connectivity index (χ3n) is 3.51. The van der Waals surface area contributed by atoms with E-state index in [4.69, 9.17) is 16.3 Å². The average molecular weight is 304 g/mol. The summed E-state index contributed by atoms with van der Waals surface area (Å²) < 4.78 is 5.15. The third-order valence-corrected chi connectivity index (χ3v) is 3.70. The van der Waals surface area contributed by atoms with Crippen LogP contribution in [-0.4, -0.2) is 23.7 Å². The molecule has 1 aromatic heterocycles. The zero-order valence-electron chi connectivity index (χ0n) is 12.0. The Hall–Kier alpha value is -1.65. The number of nitrogens with zero attached hydrogens (tertiary/aromatic N) is 2. The second-order valence-corrected chi connectivity index (χ2v) is 5.62. The Balaban J connectivity index is 1.82. The number of anilines is 2. The molecule has 0 unspecified atom stereocenters. The van der Waals surface area contributed by atoms with Crippen molar-refractivity contribution in [1.82, 2.24) is 9.97 Å². The Labute approximate surface area is 129 Å². The van der Waals surface area contributed by atoms with E-state index in [-0.39, 0.29) is 0 Å². The number of para-hydroxylation sites is 1. The van der Waals surface area contributed by atoms with Crippen molar-refractivity contribution >= 4 is 23.1 Å². The Bertz CT molecular complexity index is 629. The van der Waals surface area contributed by atoms with Crippen LogP contribution < -0.4 is 5.32 Å². The molecule has 0 saturated heterocycles. The molecule has 21 heavy (non-hydrogen) atoms. The van der Waals surface area contributed by atoms with Gasteiger partial charge in [-0.15, -0.1) is 0 Å². The largest absolute Gasteiger partial charge is 0.384 e. The van der Waals surface area contributed by atoms with Gasteiger partial charge in [0.2, 0.25) is 0 Å². The summed E-state index contributed by atoms with van der Waals surface area (Å²) in [6.07, 6.45) is 3.17. The molecular formula is C16H18ClN3O. The lowest BCUT2D eigenvalue weighted by atomic mass is 10.1. The normalized spacial score (nSPS) is 14.2. The summed E-state index contributed by atoms with van der Waals surface area (Å²) >= 11 is 6.10. The predicted octanol–water partition coefficient (Wildman–Crippen LogP) is 3.94. The molecule has 0 radical (unpaired) electrons. The molecule has 0 amide bonds. The number of methoxy groups -OCH3 is 1. The van der Waals surface area contributed by atoms with Crippen LogP contribution in [0.4, 0.5) is 11.5 Å². The van der Waals surface area contributed by atoms with Crippen LogP contribution in [0.1, 0.15) is 30.1 Å². The van der Waals surface area contributed by atoms with Gasteiger partial charge in [0.15, 0.2) is 0 Å². The van der Waals surface area contributed by atoms with Crippen molar-refractivity contribution in [3.05, 3.63) is 46.9 Å². The van der Waals surface area contributed by atoms with Crippen molar-refractivity contribution in [2.45, 2.75) is 25.2 Å². The van der Waals surface area contributed by atoms with Crippen LogP contribution in [0.5, 0.6) is 0 Å². The van der Waals surface area contributed by atoms with E-state index in [0.29, 0.717) is 17.7 Å². The molecule has 0 atom stereocenters. The molecule has 1 aromatic carbocycles.